The average Bonchev–Trinajstić information content (AvgIpc) is 2.83. The number of aryl methyl sites for hydroxylation is 1. The van der Waals surface area contributed by atoms with Crippen molar-refractivity contribution in [3.05, 3.63) is 11.9 Å². The van der Waals surface area contributed by atoms with Gasteiger partial charge in [-0.1, -0.05) is 5.21 Å². The molecule has 0 radical (unpaired) electrons. The average molecular weight is 211 g/mol. The van der Waals surface area contributed by atoms with Crippen molar-refractivity contribution in [2.24, 2.45) is 0 Å². The van der Waals surface area contributed by atoms with Crippen LogP contribution in [0.2, 0.25) is 0 Å². The van der Waals surface area contributed by atoms with Gasteiger partial charge in [0, 0.05) is 12.8 Å². The van der Waals surface area contributed by atoms with E-state index < -0.39 is 0 Å². The molecule has 0 aliphatic heterocycles. The molecule has 5 nitrogen and oxygen atoms in total. The second kappa shape index (κ2) is 4.72. The van der Waals surface area contributed by atoms with Crippen LogP contribution in [0.15, 0.2) is 6.20 Å². The summed E-state index contributed by atoms with van der Waals surface area (Å²) >= 11 is 0. The predicted octanol–water partition coefficient (Wildman–Crippen LogP) is 0.289. The maximum atomic E-state index is 9.70. The van der Waals surface area contributed by atoms with Gasteiger partial charge < -0.3 is 10.2 Å². The van der Waals surface area contributed by atoms with E-state index in [1.54, 1.807) is 4.68 Å². The Morgan fingerprint density at radius 1 is 1.47 bits per heavy atom. The van der Waals surface area contributed by atoms with Gasteiger partial charge in [-0.2, -0.15) is 0 Å². The Morgan fingerprint density at radius 3 is 3.00 bits per heavy atom. The lowest BCUT2D eigenvalue weighted by Crippen LogP contribution is -2.18. The first-order valence-corrected chi connectivity index (χ1v) is 5.51. The highest BCUT2D eigenvalue weighted by atomic mass is 16.3. The molecule has 84 valence electrons. The van der Waals surface area contributed by atoms with Gasteiger partial charge in [0.05, 0.1) is 17.8 Å². The highest BCUT2D eigenvalue weighted by Crippen LogP contribution is 2.29. The van der Waals surface area contributed by atoms with Crippen molar-refractivity contribution < 1.29 is 10.2 Å². The third-order valence-corrected chi connectivity index (χ3v) is 2.93. The Kier molecular flexibility index (Phi) is 3.33. The Bertz CT molecular complexity index is 313. The molecule has 1 fully saturated rings. The highest BCUT2D eigenvalue weighted by molar-refractivity contribution is 4.95. The molecule has 0 amide bonds. The van der Waals surface area contributed by atoms with E-state index in [4.69, 9.17) is 5.11 Å². The van der Waals surface area contributed by atoms with Crippen molar-refractivity contribution in [2.45, 2.75) is 44.2 Å². The van der Waals surface area contributed by atoms with Crippen LogP contribution in [0.4, 0.5) is 0 Å². The van der Waals surface area contributed by atoms with Crippen LogP contribution in [-0.2, 0) is 6.42 Å². The second-order valence-corrected chi connectivity index (χ2v) is 4.08. The van der Waals surface area contributed by atoms with E-state index in [1.807, 2.05) is 6.20 Å². The minimum atomic E-state index is -0.280. The van der Waals surface area contributed by atoms with Gasteiger partial charge in [0.2, 0.25) is 0 Å². The fourth-order valence-corrected chi connectivity index (χ4v) is 2.08. The molecule has 2 rings (SSSR count). The molecule has 1 aromatic heterocycles. The van der Waals surface area contributed by atoms with Crippen LogP contribution in [0.3, 0.4) is 0 Å². The highest BCUT2D eigenvalue weighted by Gasteiger charge is 2.27. The number of aliphatic hydroxyl groups is 2. The van der Waals surface area contributed by atoms with E-state index in [9.17, 15) is 5.11 Å². The van der Waals surface area contributed by atoms with Crippen LogP contribution >= 0.6 is 0 Å². The van der Waals surface area contributed by atoms with Gasteiger partial charge in [-0.05, 0) is 32.1 Å². The minimum absolute atomic E-state index is 0.0976. The summed E-state index contributed by atoms with van der Waals surface area (Å²) in [4.78, 5) is 0. The summed E-state index contributed by atoms with van der Waals surface area (Å²) in [5.74, 6) is 0. The van der Waals surface area contributed by atoms with Gasteiger partial charge in [0.1, 0.15) is 0 Å². The molecule has 2 atom stereocenters. The molecule has 2 N–H and O–H groups in total. The van der Waals surface area contributed by atoms with Crippen LogP contribution in [-0.4, -0.2) is 37.9 Å². The van der Waals surface area contributed by atoms with Gasteiger partial charge >= 0.3 is 0 Å². The smallest absolute Gasteiger partial charge is 0.0828 e. The van der Waals surface area contributed by atoms with Crippen LogP contribution in [0.5, 0.6) is 0 Å². The predicted molar refractivity (Wildman–Crippen MR) is 54.3 cm³/mol. The molecule has 0 aromatic carbocycles. The molecule has 1 aromatic rings. The molecule has 1 heterocycles. The molecular weight excluding hydrogens is 194 g/mol. The van der Waals surface area contributed by atoms with Gasteiger partial charge in [-0.15, -0.1) is 5.10 Å². The van der Waals surface area contributed by atoms with Gasteiger partial charge in [-0.3, -0.25) is 0 Å². The van der Waals surface area contributed by atoms with Crippen molar-refractivity contribution >= 4 is 0 Å². The third kappa shape index (κ3) is 2.35. The lowest BCUT2D eigenvalue weighted by Gasteiger charge is -2.13. The molecule has 5 heteroatoms. The van der Waals surface area contributed by atoms with Crippen molar-refractivity contribution in [2.75, 3.05) is 6.61 Å². The van der Waals surface area contributed by atoms with E-state index >= 15 is 0 Å². The molecule has 0 saturated heterocycles. The second-order valence-electron chi connectivity index (χ2n) is 4.08. The van der Waals surface area contributed by atoms with Gasteiger partial charge in [-0.25, -0.2) is 4.68 Å². The number of rotatable bonds is 4. The van der Waals surface area contributed by atoms with E-state index in [2.05, 4.69) is 10.3 Å². The number of hydrogen-bond donors (Lipinski definition) is 2. The zero-order valence-corrected chi connectivity index (χ0v) is 8.71. The number of aromatic nitrogens is 3. The molecule has 0 bridgehead atoms. The summed E-state index contributed by atoms with van der Waals surface area (Å²) in [6.07, 6.45) is 5.95. The molecule has 1 aliphatic rings. The lowest BCUT2D eigenvalue weighted by molar-refractivity contribution is 0.129. The SMILES string of the molecule is OCCCc1cn(C2CCCC2O)nn1. The van der Waals surface area contributed by atoms with Crippen molar-refractivity contribution in [3.63, 3.8) is 0 Å². The van der Waals surface area contributed by atoms with Crippen LogP contribution in [0, 0.1) is 0 Å². The molecule has 1 aliphatic carbocycles. The quantitative estimate of drug-likeness (QED) is 0.751. The Hall–Kier alpha value is -0.940. The van der Waals surface area contributed by atoms with Crippen molar-refractivity contribution in [1.82, 2.24) is 15.0 Å². The first-order valence-electron chi connectivity index (χ1n) is 5.51. The first-order chi connectivity index (χ1) is 7.31. The van der Waals surface area contributed by atoms with E-state index in [1.165, 1.54) is 0 Å². The standard InChI is InChI=1S/C10H17N3O2/c14-6-2-3-8-7-13(12-11-8)9-4-1-5-10(9)15/h7,9-10,14-15H,1-6H2. The van der Waals surface area contributed by atoms with Crippen LogP contribution < -0.4 is 0 Å². The van der Waals surface area contributed by atoms with E-state index in [0.717, 1.165) is 31.4 Å². The zero-order valence-electron chi connectivity index (χ0n) is 8.71. The number of nitrogens with zero attached hydrogens (tertiary/aromatic N) is 3. The normalized spacial score (nSPS) is 26.0. The summed E-state index contributed by atoms with van der Waals surface area (Å²) in [5.41, 5.74) is 0.892. The lowest BCUT2D eigenvalue weighted by atomic mass is 10.2. The van der Waals surface area contributed by atoms with Crippen molar-refractivity contribution in [1.29, 1.82) is 0 Å². The molecule has 0 spiro atoms. The van der Waals surface area contributed by atoms with Crippen LogP contribution in [0.1, 0.15) is 37.4 Å². The summed E-state index contributed by atoms with van der Waals surface area (Å²) in [7, 11) is 0. The first kappa shape index (κ1) is 10.6. The fraction of sp³-hybridized carbons (Fsp3) is 0.800. The molecule has 15 heavy (non-hydrogen) atoms. The molecule has 1 saturated carbocycles. The summed E-state index contributed by atoms with van der Waals surface area (Å²) < 4.78 is 1.77. The van der Waals surface area contributed by atoms with Crippen LogP contribution in [0.25, 0.3) is 0 Å². The minimum Gasteiger partial charge on any atom is -0.396 e. The van der Waals surface area contributed by atoms with E-state index in [-0.39, 0.29) is 18.8 Å². The fourth-order valence-electron chi connectivity index (χ4n) is 2.08. The maximum absolute atomic E-state index is 9.70. The Labute approximate surface area is 88.7 Å². The van der Waals surface area contributed by atoms with E-state index in [0.29, 0.717) is 6.42 Å². The van der Waals surface area contributed by atoms with Crippen molar-refractivity contribution in [3.8, 4) is 0 Å². The third-order valence-electron chi connectivity index (χ3n) is 2.93. The van der Waals surface area contributed by atoms with Gasteiger partial charge in [0.25, 0.3) is 0 Å². The Balaban J connectivity index is 1.99. The zero-order chi connectivity index (χ0) is 10.7. The maximum Gasteiger partial charge on any atom is 0.0828 e. The topological polar surface area (TPSA) is 71.2 Å². The largest absolute Gasteiger partial charge is 0.396 e. The number of hydrogen-bond acceptors (Lipinski definition) is 4. The number of aliphatic hydroxyl groups excluding tert-OH is 2. The van der Waals surface area contributed by atoms with Gasteiger partial charge in [0.15, 0.2) is 0 Å². The monoisotopic (exact) mass is 211 g/mol. The summed E-state index contributed by atoms with van der Waals surface area (Å²) in [5, 5.41) is 26.4. The summed E-state index contributed by atoms with van der Waals surface area (Å²) in [6.45, 7) is 0.179. The summed E-state index contributed by atoms with van der Waals surface area (Å²) in [6, 6.07) is 0.0976. The Morgan fingerprint density at radius 2 is 2.33 bits per heavy atom. The molecular formula is C10H17N3O2. The molecule has 2 unspecified atom stereocenters.